The predicted octanol–water partition coefficient (Wildman–Crippen LogP) is 5.56. The second kappa shape index (κ2) is 13.5. The van der Waals surface area contributed by atoms with Crippen LogP contribution in [0.1, 0.15) is 105 Å². The molecule has 0 saturated carbocycles. The molecule has 6 nitrogen and oxygen atoms in total. The van der Waals surface area contributed by atoms with Crippen LogP contribution in [0, 0.1) is 17.2 Å². The Bertz CT molecular complexity index is 565. The summed E-state index contributed by atoms with van der Waals surface area (Å²) in [6, 6.07) is 1.61. The molecule has 0 spiro atoms. The quantitative estimate of drug-likeness (QED) is 0.418. The van der Waals surface area contributed by atoms with Crippen LogP contribution in [-0.4, -0.2) is 41.1 Å². The van der Waals surface area contributed by atoms with Crippen molar-refractivity contribution in [1.82, 2.24) is 10.2 Å². The highest BCUT2D eigenvalue weighted by molar-refractivity contribution is 5.79. The van der Waals surface area contributed by atoms with E-state index in [-0.39, 0.29) is 30.3 Å². The molecule has 0 radical (unpaired) electrons. The lowest BCUT2D eigenvalue weighted by Gasteiger charge is -2.29. The zero-order valence-corrected chi connectivity index (χ0v) is 19.8. The van der Waals surface area contributed by atoms with Crippen LogP contribution in [0.5, 0.6) is 0 Å². The maximum absolute atomic E-state index is 12.9. The number of alkyl carbamates (subject to hydrolysis) is 1. The van der Waals surface area contributed by atoms with Crippen molar-refractivity contribution in [3.8, 4) is 6.07 Å². The van der Waals surface area contributed by atoms with E-state index in [1.165, 1.54) is 38.5 Å². The van der Waals surface area contributed by atoms with Crippen molar-refractivity contribution in [3.05, 3.63) is 0 Å². The van der Waals surface area contributed by atoms with Gasteiger partial charge in [-0.25, -0.2) is 4.79 Å². The summed E-state index contributed by atoms with van der Waals surface area (Å²) in [5.41, 5.74) is -0.582. The lowest BCUT2D eigenvalue weighted by atomic mass is 9.92. The second-order valence-electron chi connectivity index (χ2n) is 9.72. The molecule has 0 bridgehead atoms. The molecule has 1 aliphatic heterocycles. The van der Waals surface area contributed by atoms with Crippen LogP contribution in [0.25, 0.3) is 0 Å². The minimum Gasteiger partial charge on any atom is -0.444 e. The van der Waals surface area contributed by atoms with Gasteiger partial charge in [0.15, 0.2) is 0 Å². The number of hydrogen-bond donors (Lipinski definition) is 1. The molecule has 30 heavy (non-hydrogen) atoms. The highest BCUT2D eigenvalue weighted by Crippen LogP contribution is 2.22. The lowest BCUT2D eigenvalue weighted by Crippen LogP contribution is -2.46. The van der Waals surface area contributed by atoms with Crippen LogP contribution in [0.3, 0.4) is 0 Å². The normalized spacial score (nSPS) is 18.5. The molecule has 0 aliphatic carbocycles. The Hall–Kier alpha value is -1.77. The van der Waals surface area contributed by atoms with Crippen molar-refractivity contribution >= 4 is 12.0 Å². The van der Waals surface area contributed by atoms with Gasteiger partial charge in [-0.1, -0.05) is 58.8 Å². The number of ether oxygens (including phenoxy) is 1. The summed E-state index contributed by atoms with van der Waals surface area (Å²) in [7, 11) is 0. The molecule has 0 aromatic rings. The summed E-state index contributed by atoms with van der Waals surface area (Å²) in [6.07, 6.45) is 11.0. The molecule has 172 valence electrons. The van der Waals surface area contributed by atoms with E-state index >= 15 is 0 Å². The minimum atomic E-state index is -0.582. The lowest BCUT2D eigenvalue weighted by molar-refractivity contribution is -0.131. The van der Waals surface area contributed by atoms with Gasteiger partial charge in [-0.15, -0.1) is 0 Å². The summed E-state index contributed by atoms with van der Waals surface area (Å²) in [5, 5.41) is 12.2. The summed E-state index contributed by atoms with van der Waals surface area (Å²) in [5.74, 6) is 0.117. The van der Waals surface area contributed by atoms with E-state index < -0.39 is 11.7 Å². The summed E-state index contributed by atoms with van der Waals surface area (Å²) < 4.78 is 5.42. The molecule has 2 amide bonds. The number of carbonyl (C=O) groups is 2. The predicted molar refractivity (Wildman–Crippen MR) is 120 cm³/mol. The molecule has 1 rings (SSSR count). The Morgan fingerprint density at radius 2 is 1.80 bits per heavy atom. The molecule has 1 aliphatic rings. The fraction of sp³-hybridized carbons (Fsp3) is 0.875. The van der Waals surface area contributed by atoms with Gasteiger partial charge in [-0.2, -0.15) is 5.26 Å². The molecular formula is C24H43N3O3. The Morgan fingerprint density at radius 1 is 1.17 bits per heavy atom. The number of hydrogen-bond acceptors (Lipinski definition) is 4. The smallest absolute Gasteiger partial charge is 0.407 e. The highest BCUT2D eigenvalue weighted by atomic mass is 16.6. The van der Waals surface area contributed by atoms with Crippen molar-refractivity contribution in [2.45, 2.75) is 123 Å². The topological polar surface area (TPSA) is 82.4 Å². The van der Waals surface area contributed by atoms with E-state index in [4.69, 9.17) is 4.74 Å². The van der Waals surface area contributed by atoms with E-state index in [0.717, 1.165) is 25.7 Å². The van der Waals surface area contributed by atoms with E-state index in [1.54, 1.807) is 4.90 Å². The first kappa shape index (κ1) is 26.3. The van der Waals surface area contributed by atoms with E-state index in [2.05, 4.69) is 25.2 Å². The molecule has 0 aromatic heterocycles. The maximum Gasteiger partial charge on any atom is 0.407 e. The Morgan fingerprint density at radius 3 is 2.40 bits per heavy atom. The fourth-order valence-electron chi connectivity index (χ4n) is 3.98. The number of nitrogens with zero attached hydrogens (tertiary/aromatic N) is 2. The zero-order chi connectivity index (χ0) is 22.6. The Balaban J connectivity index is 2.61. The summed E-state index contributed by atoms with van der Waals surface area (Å²) >= 11 is 0. The first-order valence-electron chi connectivity index (χ1n) is 11.9. The number of amides is 2. The molecule has 6 heteroatoms. The molecule has 3 unspecified atom stereocenters. The SMILES string of the molecule is CCCCCCCCCC(C)C(CC(=O)N1CCCC1C#N)NC(=O)OC(C)(C)C. The van der Waals surface area contributed by atoms with Crippen LogP contribution in [0.4, 0.5) is 4.79 Å². The van der Waals surface area contributed by atoms with Crippen LogP contribution < -0.4 is 5.32 Å². The van der Waals surface area contributed by atoms with Crippen molar-refractivity contribution < 1.29 is 14.3 Å². The van der Waals surface area contributed by atoms with Crippen LogP contribution >= 0.6 is 0 Å². The van der Waals surface area contributed by atoms with Crippen LogP contribution in [0.15, 0.2) is 0 Å². The third-order valence-corrected chi connectivity index (χ3v) is 5.77. The molecule has 3 atom stereocenters. The number of nitrogens with one attached hydrogen (secondary N) is 1. The van der Waals surface area contributed by atoms with Gasteiger partial charge in [-0.05, 0) is 46.0 Å². The molecular weight excluding hydrogens is 378 g/mol. The third kappa shape index (κ3) is 10.3. The Kier molecular flexibility index (Phi) is 11.8. The van der Waals surface area contributed by atoms with Gasteiger partial charge in [0, 0.05) is 19.0 Å². The van der Waals surface area contributed by atoms with Crippen molar-refractivity contribution in [2.75, 3.05) is 6.54 Å². The molecule has 1 fully saturated rings. The van der Waals surface area contributed by atoms with Crippen molar-refractivity contribution in [2.24, 2.45) is 5.92 Å². The van der Waals surface area contributed by atoms with Gasteiger partial charge in [-0.3, -0.25) is 4.79 Å². The maximum atomic E-state index is 12.9. The van der Waals surface area contributed by atoms with E-state index in [9.17, 15) is 14.9 Å². The minimum absolute atomic E-state index is 0.0495. The van der Waals surface area contributed by atoms with Gasteiger partial charge in [0.1, 0.15) is 11.6 Å². The standard InChI is InChI=1S/C24H43N3O3/c1-6-7-8-9-10-11-12-14-19(2)21(26-23(29)30-24(3,4)5)17-22(28)27-16-13-15-20(27)18-25/h19-21H,6-17H2,1-5H3,(H,26,29). The number of carbonyl (C=O) groups excluding carboxylic acids is 2. The summed E-state index contributed by atoms with van der Waals surface area (Å²) in [6.45, 7) is 10.4. The third-order valence-electron chi connectivity index (χ3n) is 5.77. The van der Waals surface area contributed by atoms with Crippen LogP contribution in [0.2, 0.25) is 0 Å². The molecule has 1 N–H and O–H groups in total. The van der Waals surface area contributed by atoms with E-state index in [0.29, 0.717) is 6.54 Å². The number of nitriles is 1. The van der Waals surface area contributed by atoms with Gasteiger partial charge in [0.25, 0.3) is 0 Å². The van der Waals surface area contributed by atoms with Crippen molar-refractivity contribution in [3.63, 3.8) is 0 Å². The average Bonchev–Trinajstić information content (AvgIpc) is 3.14. The second-order valence-corrected chi connectivity index (χ2v) is 9.72. The number of unbranched alkanes of at least 4 members (excludes halogenated alkanes) is 6. The van der Waals surface area contributed by atoms with Gasteiger partial charge in [0.2, 0.25) is 5.91 Å². The summed E-state index contributed by atoms with van der Waals surface area (Å²) in [4.78, 5) is 26.9. The first-order chi connectivity index (χ1) is 14.2. The average molecular weight is 422 g/mol. The highest BCUT2D eigenvalue weighted by Gasteiger charge is 2.32. The molecule has 0 aromatic carbocycles. The fourth-order valence-corrected chi connectivity index (χ4v) is 3.98. The number of rotatable bonds is 12. The van der Waals surface area contributed by atoms with Crippen molar-refractivity contribution in [1.29, 1.82) is 5.26 Å². The molecule has 1 saturated heterocycles. The van der Waals surface area contributed by atoms with Gasteiger partial charge < -0.3 is 15.0 Å². The molecule has 1 heterocycles. The van der Waals surface area contributed by atoms with Crippen LogP contribution in [-0.2, 0) is 9.53 Å². The van der Waals surface area contributed by atoms with Gasteiger partial charge in [0.05, 0.1) is 6.07 Å². The monoisotopic (exact) mass is 421 g/mol. The first-order valence-corrected chi connectivity index (χ1v) is 11.9. The van der Waals surface area contributed by atoms with E-state index in [1.807, 2.05) is 20.8 Å². The number of likely N-dealkylation sites (tertiary alicyclic amines) is 1. The zero-order valence-electron chi connectivity index (χ0n) is 19.8. The Labute approximate surface area is 183 Å². The van der Waals surface area contributed by atoms with Gasteiger partial charge >= 0.3 is 6.09 Å². The largest absolute Gasteiger partial charge is 0.444 e.